The highest BCUT2D eigenvalue weighted by Crippen LogP contribution is 1.85. The Hall–Kier alpha value is -1.45. The van der Waals surface area contributed by atoms with Crippen LogP contribution in [0.5, 0.6) is 0 Å². The maximum atomic E-state index is 10.6. The monoisotopic (exact) mass is 157 g/mol. The van der Waals surface area contributed by atoms with Crippen LogP contribution in [0.1, 0.15) is 0 Å². The Kier molecular flexibility index (Phi) is 4.64. The second-order valence-electron chi connectivity index (χ2n) is 1.70. The van der Waals surface area contributed by atoms with E-state index in [1.807, 2.05) is 0 Å². The van der Waals surface area contributed by atoms with Gasteiger partial charge >= 0.3 is 5.97 Å². The van der Waals surface area contributed by atoms with Crippen molar-refractivity contribution in [3.63, 3.8) is 0 Å². The molecule has 11 heavy (non-hydrogen) atoms. The summed E-state index contributed by atoms with van der Waals surface area (Å²) in [4.78, 5) is 10.6. The van der Waals surface area contributed by atoms with Gasteiger partial charge in [0.05, 0.1) is 6.26 Å². The molecule has 0 aliphatic carbocycles. The molecule has 0 fully saturated rings. The first-order valence-electron chi connectivity index (χ1n) is 3.02. The van der Waals surface area contributed by atoms with E-state index >= 15 is 0 Å². The lowest BCUT2D eigenvalue weighted by molar-refractivity contribution is -0.140. The maximum Gasteiger partial charge on any atom is 0.353 e. The molecule has 0 saturated carbocycles. The van der Waals surface area contributed by atoms with Crippen LogP contribution >= 0.6 is 0 Å². The number of esters is 1. The Labute approximate surface area is 65.3 Å². The lowest BCUT2D eigenvalue weighted by atomic mass is 10.5. The SMILES string of the molecule is C=COCCOC(=O)C(=C)N. The Bertz CT molecular complexity index is 165. The zero-order valence-corrected chi connectivity index (χ0v) is 6.21. The molecule has 0 atom stereocenters. The largest absolute Gasteiger partial charge is 0.498 e. The molecule has 0 saturated heterocycles. The summed E-state index contributed by atoms with van der Waals surface area (Å²) in [5, 5.41) is 0. The highest BCUT2D eigenvalue weighted by molar-refractivity contribution is 5.86. The summed E-state index contributed by atoms with van der Waals surface area (Å²) in [7, 11) is 0. The lowest BCUT2D eigenvalue weighted by Gasteiger charge is -2.02. The van der Waals surface area contributed by atoms with Gasteiger partial charge in [-0.2, -0.15) is 0 Å². The number of hydrogen-bond donors (Lipinski definition) is 1. The molecule has 62 valence electrons. The van der Waals surface area contributed by atoms with Crippen LogP contribution in [0.4, 0.5) is 0 Å². The van der Waals surface area contributed by atoms with E-state index in [0.717, 1.165) is 0 Å². The minimum Gasteiger partial charge on any atom is -0.498 e. The number of nitrogens with two attached hydrogens (primary N) is 1. The van der Waals surface area contributed by atoms with Crippen LogP contribution in [0.2, 0.25) is 0 Å². The topological polar surface area (TPSA) is 61.5 Å². The van der Waals surface area contributed by atoms with Crippen LogP contribution in [0.25, 0.3) is 0 Å². The van der Waals surface area contributed by atoms with Gasteiger partial charge in [-0.05, 0) is 0 Å². The van der Waals surface area contributed by atoms with Gasteiger partial charge in [0.25, 0.3) is 0 Å². The predicted octanol–water partition coefficient (Wildman–Crippen LogP) is 0.162. The molecule has 0 spiro atoms. The van der Waals surface area contributed by atoms with Crippen LogP contribution in [-0.2, 0) is 14.3 Å². The third kappa shape index (κ3) is 5.02. The summed E-state index contributed by atoms with van der Waals surface area (Å²) < 4.78 is 9.25. The van der Waals surface area contributed by atoms with Crippen LogP contribution in [0.15, 0.2) is 25.1 Å². The van der Waals surface area contributed by atoms with Crippen LogP contribution < -0.4 is 5.73 Å². The quantitative estimate of drug-likeness (QED) is 0.267. The molecule has 2 N–H and O–H groups in total. The molecule has 0 unspecified atom stereocenters. The first-order chi connectivity index (χ1) is 5.18. The first kappa shape index (κ1) is 9.55. The summed E-state index contributed by atoms with van der Waals surface area (Å²) in [6.07, 6.45) is 1.27. The molecule has 0 amide bonds. The van der Waals surface area contributed by atoms with Crippen molar-refractivity contribution in [2.45, 2.75) is 0 Å². The highest BCUT2D eigenvalue weighted by Gasteiger charge is 2.01. The smallest absolute Gasteiger partial charge is 0.353 e. The Balaban J connectivity index is 3.31. The van der Waals surface area contributed by atoms with Gasteiger partial charge in [0, 0.05) is 0 Å². The van der Waals surface area contributed by atoms with Gasteiger partial charge in [-0.15, -0.1) is 0 Å². The fraction of sp³-hybridized carbons (Fsp3) is 0.286. The van der Waals surface area contributed by atoms with E-state index in [2.05, 4.69) is 22.6 Å². The van der Waals surface area contributed by atoms with Crippen molar-refractivity contribution in [1.29, 1.82) is 0 Å². The summed E-state index contributed by atoms with van der Waals surface area (Å²) in [5.41, 5.74) is 4.91. The summed E-state index contributed by atoms with van der Waals surface area (Å²) >= 11 is 0. The summed E-state index contributed by atoms with van der Waals surface area (Å²) in [6.45, 7) is 6.94. The minimum atomic E-state index is -0.613. The number of rotatable bonds is 5. The van der Waals surface area contributed by atoms with Gasteiger partial charge in [0.15, 0.2) is 0 Å². The van der Waals surface area contributed by atoms with E-state index in [1.54, 1.807) is 0 Å². The molecule has 0 aliphatic rings. The van der Waals surface area contributed by atoms with Crippen molar-refractivity contribution in [2.75, 3.05) is 13.2 Å². The Morgan fingerprint density at radius 2 is 2.18 bits per heavy atom. The van der Waals surface area contributed by atoms with Gasteiger partial charge in [0.1, 0.15) is 18.9 Å². The van der Waals surface area contributed by atoms with E-state index in [0.29, 0.717) is 0 Å². The fourth-order valence-electron chi connectivity index (χ4n) is 0.359. The molecule has 0 radical (unpaired) electrons. The van der Waals surface area contributed by atoms with E-state index in [1.165, 1.54) is 6.26 Å². The maximum absolute atomic E-state index is 10.6. The zero-order chi connectivity index (χ0) is 8.69. The van der Waals surface area contributed by atoms with Crippen molar-refractivity contribution in [3.05, 3.63) is 25.1 Å². The molecule has 0 heterocycles. The second-order valence-corrected chi connectivity index (χ2v) is 1.70. The second kappa shape index (κ2) is 5.34. The molecule has 4 heteroatoms. The molecule has 0 aromatic carbocycles. The Morgan fingerprint density at radius 1 is 1.55 bits per heavy atom. The molecule has 0 aromatic heterocycles. The van der Waals surface area contributed by atoms with Crippen molar-refractivity contribution in [1.82, 2.24) is 0 Å². The standard InChI is InChI=1S/C7H11NO3/c1-3-10-4-5-11-7(9)6(2)8/h3H,1-2,4-5,8H2. The third-order valence-electron chi connectivity index (χ3n) is 0.814. The van der Waals surface area contributed by atoms with Crippen molar-refractivity contribution < 1.29 is 14.3 Å². The molecular weight excluding hydrogens is 146 g/mol. The van der Waals surface area contributed by atoms with Gasteiger partial charge in [0.2, 0.25) is 0 Å². The van der Waals surface area contributed by atoms with Crippen molar-refractivity contribution in [3.8, 4) is 0 Å². The summed E-state index contributed by atoms with van der Waals surface area (Å²) in [5.74, 6) is -0.613. The molecule has 0 aliphatic heterocycles. The van der Waals surface area contributed by atoms with Gasteiger partial charge in [-0.25, -0.2) is 4.79 Å². The molecular formula is C7H11NO3. The lowest BCUT2D eigenvalue weighted by Crippen LogP contribution is -2.15. The number of ether oxygens (including phenoxy) is 2. The van der Waals surface area contributed by atoms with E-state index < -0.39 is 5.97 Å². The fourth-order valence-corrected chi connectivity index (χ4v) is 0.359. The first-order valence-corrected chi connectivity index (χ1v) is 3.02. The van der Waals surface area contributed by atoms with E-state index in [-0.39, 0.29) is 18.9 Å². The Morgan fingerprint density at radius 3 is 2.64 bits per heavy atom. The molecule has 0 rings (SSSR count). The number of carbonyl (C=O) groups excluding carboxylic acids is 1. The van der Waals surface area contributed by atoms with Crippen molar-refractivity contribution >= 4 is 5.97 Å². The minimum absolute atomic E-state index is 0.108. The summed E-state index contributed by atoms with van der Waals surface area (Å²) in [6, 6.07) is 0. The highest BCUT2D eigenvalue weighted by atomic mass is 16.6. The number of carbonyl (C=O) groups is 1. The molecule has 4 nitrogen and oxygen atoms in total. The van der Waals surface area contributed by atoms with E-state index in [4.69, 9.17) is 5.73 Å². The normalized spacial score (nSPS) is 8.36. The van der Waals surface area contributed by atoms with Crippen LogP contribution in [0, 0.1) is 0 Å². The van der Waals surface area contributed by atoms with Crippen LogP contribution in [0.3, 0.4) is 0 Å². The van der Waals surface area contributed by atoms with Gasteiger partial charge < -0.3 is 15.2 Å². The predicted molar refractivity (Wildman–Crippen MR) is 40.4 cm³/mol. The molecule has 0 bridgehead atoms. The van der Waals surface area contributed by atoms with Gasteiger partial charge in [-0.1, -0.05) is 13.2 Å². The average molecular weight is 157 g/mol. The van der Waals surface area contributed by atoms with E-state index in [9.17, 15) is 4.79 Å². The zero-order valence-electron chi connectivity index (χ0n) is 6.21. The van der Waals surface area contributed by atoms with Gasteiger partial charge in [-0.3, -0.25) is 0 Å². The van der Waals surface area contributed by atoms with Crippen LogP contribution in [-0.4, -0.2) is 19.2 Å². The van der Waals surface area contributed by atoms with Crippen molar-refractivity contribution in [2.24, 2.45) is 5.73 Å². The molecule has 0 aromatic rings. The average Bonchev–Trinajstić information content (AvgIpc) is 1.97. The third-order valence-corrected chi connectivity index (χ3v) is 0.814. The number of hydrogen-bond acceptors (Lipinski definition) is 4.